The van der Waals surface area contributed by atoms with E-state index in [1.165, 1.54) is 5.52 Å². The van der Waals surface area contributed by atoms with Gasteiger partial charge in [-0.1, -0.05) is 26.0 Å². The molecular formula is C15H23N3OS. The lowest BCUT2D eigenvalue weighted by Gasteiger charge is -2.08. The van der Waals surface area contributed by atoms with E-state index in [-0.39, 0.29) is 0 Å². The zero-order chi connectivity index (χ0) is 14.4. The van der Waals surface area contributed by atoms with Gasteiger partial charge >= 0.3 is 0 Å². The molecule has 1 atom stereocenters. The summed E-state index contributed by atoms with van der Waals surface area (Å²) in [5, 5.41) is 3.35. The molecule has 1 aromatic carbocycles. The maximum atomic E-state index is 11.4. The highest BCUT2D eigenvalue weighted by Gasteiger charge is 2.09. The van der Waals surface area contributed by atoms with E-state index in [2.05, 4.69) is 35.0 Å². The smallest absolute Gasteiger partial charge is 0.123 e. The molecule has 1 heterocycles. The zero-order valence-corrected chi connectivity index (χ0v) is 13.1. The van der Waals surface area contributed by atoms with Crippen LogP contribution in [0.2, 0.25) is 0 Å². The molecule has 0 fully saturated rings. The van der Waals surface area contributed by atoms with Gasteiger partial charge in [-0.15, -0.1) is 0 Å². The van der Waals surface area contributed by atoms with E-state index in [0.29, 0.717) is 5.75 Å². The fraction of sp³-hybridized carbons (Fsp3) is 0.533. The number of aryl methyl sites for hydroxylation is 1. The first-order valence-electron chi connectivity index (χ1n) is 7.26. The molecule has 0 saturated carbocycles. The van der Waals surface area contributed by atoms with Crippen molar-refractivity contribution in [1.29, 1.82) is 0 Å². The number of para-hydroxylation sites is 2. The predicted molar refractivity (Wildman–Crippen MR) is 85.3 cm³/mol. The normalized spacial score (nSPS) is 12.9. The fourth-order valence-electron chi connectivity index (χ4n) is 2.26. The average molecular weight is 293 g/mol. The lowest BCUT2D eigenvalue weighted by molar-refractivity contribution is 0.609. The molecule has 0 spiro atoms. The molecule has 5 heteroatoms. The summed E-state index contributed by atoms with van der Waals surface area (Å²) in [4.78, 5) is 4.69. The van der Waals surface area contributed by atoms with Crippen molar-refractivity contribution in [2.75, 3.05) is 18.1 Å². The van der Waals surface area contributed by atoms with Crippen LogP contribution in [0.25, 0.3) is 11.0 Å². The van der Waals surface area contributed by atoms with E-state index in [9.17, 15) is 4.21 Å². The van der Waals surface area contributed by atoms with Gasteiger partial charge in [-0.2, -0.15) is 0 Å². The van der Waals surface area contributed by atoms with E-state index < -0.39 is 10.8 Å². The number of nitrogens with zero attached hydrogens (tertiary/aromatic N) is 2. The predicted octanol–water partition coefficient (Wildman–Crippen LogP) is 2.30. The SMILES string of the molecule is CCCn1c(CNCCS(=O)CC)nc2ccccc21. The highest BCUT2D eigenvalue weighted by molar-refractivity contribution is 7.84. The van der Waals surface area contributed by atoms with Crippen LogP contribution >= 0.6 is 0 Å². The van der Waals surface area contributed by atoms with Gasteiger partial charge in [-0.25, -0.2) is 4.98 Å². The number of hydrogen-bond donors (Lipinski definition) is 1. The second kappa shape index (κ2) is 7.55. The molecule has 0 aliphatic heterocycles. The number of fused-ring (bicyclic) bond motifs is 1. The second-order valence-electron chi connectivity index (χ2n) is 4.78. The Morgan fingerprint density at radius 1 is 1.30 bits per heavy atom. The molecule has 0 amide bonds. The first-order chi connectivity index (χ1) is 9.76. The first kappa shape index (κ1) is 15.2. The number of hydrogen-bond acceptors (Lipinski definition) is 3. The average Bonchev–Trinajstić information content (AvgIpc) is 2.82. The van der Waals surface area contributed by atoms with Crippen molar-refractivity contribution in [2.45, 2.75) is 33.4 Å². The molecule has 1 aromatic heterocycles. The van der Waals surface area contributed by atoms with Crippen molar-refractivity contribution in [3.63, 3.8) is 0 Å². The van der Waals surface area contributed by atoms with Crippen LogP contribution in [0.4, 0.5) is 0 Å². The van der Waals surface area contributed by atoms with Gasteiger partial charge in [0.15, 0.2) is 0 Å². The maximum absolute atomic E-state index is 11.4. The molecule has 4 nitrogen and oxygen atoms in total. The monoisotopic (exact) mass is 293 g/mol. The quantitative estimate of drug-likeness (QED) is 0.760. The molecule has 20 heavy (non-hydrogen) atoms. The Morgan fingerprint density at radius 3 is 2.85 bits per heavy atom. The number of benzene rings is 1. The number of aromatic nitrogens is 2. The van der Waals surface area contributed by atoms with Crippen LogP contribution in [-0.2, 0) is 23.9 Å². The van der Waals surface area contributed by atoms with E-state index in [4.69, 9.17) is 4.98 Å². The standard InChI is InChI=1S/C15H23N3OS/c1-3-10-18-14-8-6-5-7-13(14)17-15(18)12-16-9-11-20(19)4-2/h5-8,16H,3-4,9-12H2,1-2H3. The molecule has 0 aliphatic rings. The van der Waals surface area contributed by atoms with Crippen LogP contribution in [0.5, 0.6) is 0 Å². The van der Waals surface area contributed by atoms with Crippen molar-refractivity contribution < 1.29 is 4.21 Å². The zero-order valence-electron chi connectivity index (χ0n) is 12.3. The van der Waals surface area contributed by atoms with Gasteiger partial charge < -0.3 is 9.88 Å². The fourth-order valence-corrected chi connectivity index (χ4v) is 2.92. The minimum Gasteiger partial charge on any atom is -0.327 e. The van der Waals surface area contributed by atoms with Gasteiger partial charge in [-0.05, 0) is 18.6 Å². The summed E-state index contributed by atoms with van der Waals surface area (Å²) in [6.07, 6.45) is 1.09. The second-order valence-corrected chi connectivity index (χ2v) is 6.64. The lowest BCUT2D eigenvalue weighted by atomic mass is 10.3. The van der Waals surface area contributed by atoms with Crippen LogP contribution in [0, 0.1) is 0 Å². The van der Waals surface area contributed by atoms with Crippen LogP contribution in [0.1, 0.15) is 26.1 Å². The van der Waals surface area contributed by atoms with Crippen LogP contribution < -0.4 is 5.32 Å². The summed E-state index contributed by atoms with van der Waals surface area (Å²) >= 11 is 0. The third-order valence-electron chi connectivity index (χ3n) is 3.29. The molecular weight excluding hydrogens is 270 g/mol. The third-order valence-corrected chi connectivity index (χ3v) is 4.60. The Hall–Kier alpha value is -1.20. The van der Waals surface area contributed by atoms with Gasteiger partial charge in [0.25, 0.3) is 0 Å². The minimum absolute atomic E-state index is 0.698. The molecule has 0 aliphatic carbocycles. The minimum atomic E-state index is -0.698. The summed E-state index contributed by atoms with van der Waals surface area (Å²) in [5.41, 5.74) is 2.25. The van der Waals surface area contributed by atoms with Crippen molar-refractivity contribution in [3.8, 4) is 0 Å². The van der Waals surface area contributed by atoms with Gasteiger partial charge in [-0.3, -0.25) is 4.21 Å². The highest BCUT2D eigenvalue weighted by atomic mass is 32.2. The van der Waals surface area contributed by atoms with Crippen molar-refractivity contribution in [3.05, 3.63) is 30.1 Å². The van der Waals surface area contributed by atoms with Crippen LogP contribution in [0.15, 0.2) is 24.3 Å². The Balaban J connectivity index is 2.05. The van der Waals surface area contributed by atoms with Crippen molar-refractivity contribution in [2.24, 2.45) is 0 Å². The Labute approximate surface area is 123 Å². The number of imidazole rings is 1. The van der Waals surface area contributed by atoms with Crippen molar-refractivity contribution >= 4 is 21.8 Å². The molecule has 0 saturated heterocycles. The van der Waals surface area contributed by atoms with Gasteiger partial charge in [0.1, 0.15) is 5.82 Å². The summed E-state index contributed by atoms with van der Waals surface area (Å²) < 4.78 is 13.7. The molecule has 2 aromatic rings. The lowest BCUT2D eigenvalue weighted by Crippen LogP contribution is -2.22. The van der Waals surface area contributed by atoms with Crippen LogP contribution in [0.3, 0.4) is 0 Å². The Morgan fingerprint density at radius 2 is 2.10 bits per heavy atom. The molecule has 0 bridgehead atoms. The van der Waals surface area contributed by atoms with Gasteiger partial charge in [0.2, 0.25) is 0 Å². The molecule has 1 unspecified atom stereocenters. The van der Waals surface area contributed by atoms with E-state index in [1.807, 2.05) is 13.0 Å². The van der Waals surface area contributed by atoms with Crippen molar-refractivity contribution in [1.82, 2.24) is 14.9 Å². The number of rotatable bonds is 8. The molecule has 1 N–H and O–H groups in total. The van der Waals surface area contributed by atoms with E-state index in [1.54, 1.807) is 0 Å². The Bertz CT molecular complexity index is 580. The van der Waals surface area contributed by atoms with Gasteiger partial charge in [0.05, 0.1) is 17.6 Å². The van der Waals surface area contributed by atoms with E-state index >= 15 is 0 Å². The Kier molecular flexibility index (Phi) is 5.73. The highest BCUT2D eigenvalue weighted by Crippen LogP contribution is 2.16. The topological polar surface area (TPSA) is 46.9 Å². The summed E-state index contributed by atoms with van der Waals surface area (Å²) in [6.45, 7) is 6.62. The molecule has 0 radical (unpaired) electrons. The summed E-state index contributed by atoms with van der Waals surface area (Å²) in [6, 6.07) is 8.25. The molecule has 110 valence electrons. The van der Waals surface area contributed by atoms with Gasteiger partial charge in [0, 0.05) is 35.4 Å². The summed E-state index contributed by atoms with van der Waals surface area (Å²) in [5.74, 6) is 2.51. The third kappa shape index (κ3) is 3.67. The summed E-state index contributed by atoms with van der Waals surface area (Å²) in [7, 11) is -0.698. The number of nitrogens with one attached hydrogen (secondary N) is 1. The molecule has 2 rings (SSSR count). The van der Waals surface area contributed by atoms with E-state index in [0.717, 1.165) is 43.1 Å². The largest absolute Gasteiger partial charge is 0.327 e. The van der Waals surface area contributed by atoms with Crippen LogP contribution in [-0.4, -0.2) is 31.8 Å². The first-order valence-corrected chi connectivity index (χ1v) is 8.74. The maximum Gasteiger partial charge on any atom is 0.123 e.